The highest BCUT2D eigenvalue weighted by Gasteiger charge is 2.30. The second-order valence-corrected chi connectivity index (χ2v) is 13.4. The van der Waals surface area contributed by atoms with Gasteiger partial charge in [-0.2, -0.15) is 0 Å². The molecule has 0 radical (unpaired) electrons. The standard InChI is InChI=1S/C22H21IN3O4.C7H8O3S/c1-4-30-22(28)20-19-12-25(2)21(27)17-11-15(7-10-18(17)26(19)13-24-20)23-14-5-8-16(29-3)9-6-14;1-6-2-4-7(5-3-6)11(8,9)10/h5-11,13H,4,12H2,1-3H3;2-5H,1H3,(H,8,9,10)/q+1;/p-1. The summed E-state index contributed by atoms with van der Waals surface area (Å²) in [5.41, 5.74) is 3.16. The number of hydrogen-bond donors (Lipinski definition) is 0. The van der Waals surface area contributed by atoms with Crippen molar-refractivity contribution >= 4 is 22.0 Å². The summed E-state index contributed by atoms with van der Waals surface area (Å²) in [6.45, 7) is 4.13. The third-order valence-corrected chi connectivity index (χ3v) is 9.58. The molecular formula is C29H28IN3O7S. The molecule has 0 spiro atoms. The maximum absolute atomic E-state index is 13.1. The molecule has 0 saturated heterocycles. The van der Waals surface area contributed by atoms with Crippen LogP contribution in [0.4, 0.5) is 0 Å². The van der Waals surface area contributed by atoms with Gasteiger partial charge in [0.05, 0.1) is 42.1 Å². The molecule has 1 amide bonds. The highest BCUT2D eigenvalue weighted by molar-refractivity contribution is 7.85. The molecule has 0 fully saturated rings. The highest BCUT2D eigenvalue weighted by Crippen LogP contribution is 2.25. The fraction of sp³-hybridized carbons (Fsp3) is 0.207. The molecule has 4 aromatic rings. The van der Waals surface area contributed by atoms with Gasteiger partial charge >= 0.3 is 27.2 Å². The van der Waals surface area contributed by atoms with Gasteiger partial charge in [-0.05, 0) is 62.4 Å². The largest absolute Gasteiger partial charge is 0.744 e. The summed E-state index contributed by atoms with van der Waals surface area (Å²) in [5, 5.41) is 0. The van der Waals surface area contributed by atoms with E-state index in [9.17, 15) is 22.6 Å². The molecule has 12 heteroatoms. The Balaban J connectivity index is 0.000000296. The zero-order valence-corrected chi connectivity index (χ0v) is 25.8. The quantitative estimate of drug-likeness (QED) is 0.164. The van der Waals surface area contributed by atoms with E-state index < -0.39 is 37.3 Å². The second kappa shape index (κ2) is 12.8. The van der Waals surface area contributed by atoms with Gasteiger partial charge in [-0.25, -0.2) is 18.2 Å². The minimum absolute atomic E-state index is 0.0795. The Hall–Kier alpha value is -3.75. The molecular weight excluding hydrogens is 661 g/mol. The molecule has 1 aliphatic rings. The molecule has 0 N–H and O–H groups in total. The molecule has 0 unspecified atom stereocenters. The number of methoxy groups -OCH3 is 1. The average Bonchev–Trinajstić information content (AvgIpc) is 3.32. The zero-order valence-electron chi connectivity index (χ0n) is 22.8. The first-order chi connectivity index (χ1) is 19.5. The number of benzene rings is 3. The van der Waals surface area contributed by atoms with Crippen LogP contribution in [0.2, 0.25) is 0 Å². The lowest BCUT2D eigenvalue weighted by Gasteiger charge is -2.14. The zero-order chi connectivity index (χ0) is 29.7. The van der Waals surface area contributed by atoms with Crippen molar-refractivity contribution in [1.82, 2.24) is 14.5 Å². The summed E-state index contributed by atoms with van der Waals surface area (Å²) < 4.78 is 45.7. The van der Waals surface area contributed by atoms with E-state index in [-0.39, 0.29) is 29.6 Å². The maximum Gasteiger partial charge on any atom is 0.358 e. The van der Waals surface area contributed by atoms with E-state index in [1.54, 1.807) is 44.4 Å². The summed E-state index contributed by atoms with van der Waals surface area (Å²) in [7, 11) is -0.889. The number of aromatic nitrogens is 2. The predicted molar refractivity (Wildman–Crippen MR) is 145 cm³/mol. The summed E-state index contributed by atoms with van der Waals surface area (Å²) in [4.78, 5) is 31.1. The topological polar surface area (TPSA) is 131 Å². The fourth-order valence-corrected chi connectivity index (χ4v) is 6.75. The van der Waals surface area contributed by atoms with Crippen LogP contribution >= 0.6 is 0 Å². The Kier molecular flexibility index (Phi) is 9.46. The smallest absolute Gasteiger partial charge is 0.358 e. The molecule has 3 aromatic carbocycles. The first kappa shape index (κ1) is 30.2. The molecule has 5 rings (SSSR count). The van der Waals surface area contributed by atoms with Gasteiger partial charge in [0.2, 0.25) is 0 Å². The lowest BCUT2D eigenvalue weighted by atomic mass is 10.1. The van der Waals surface area contributed by atoms with E-state index in [0.717, 1.165) is 20.6 Å². The number of amides is 1. The first-order valence-electron chi connectivity index (χ1n) is 12.5. The number of fused-ring (bicyclic) bond motifs is 3. The number of carbonyl (C=O) groups is 2. The molecule has 1 aliphatic heterocycles. The van der Waals surface area contributed by atoms with Crippen LogP contribution in [-0.2, 0) is 21.4 Å². The molecule has 41 heavy (non-hydrogen) atoms. The van der Waals surface area contributed by atoms with Crippen molar-refractivity contribution in [2.45, 2.75) is 25.3 Å². The van der Waals surface area contributed by atoms with Gasteiger partial charge < -0.3 is 18.9 Å². The monoisotopic (exact) mass is 689 g/mol. The SMILES string of the molecule is CCOC(=O)c1ncn2c1CN(C)C(=O)c1cc([I+]c3ccc(OC)cc3)ccc1-2.Cc1ccc(S(=O)(=O)[O-])cc1. The Bertz CT molecular complexity index is 1670. The number of aryl methyl sites for hydroxylation is 1. The van der Waals surface area contributed by atoms with Crippen LogP contribution in [0.15, 0.2) is 78.0 Å². The number of rotatable bonds is 6. The van der Waals surface area contributed by atoms with Crippen molar-refractivity contribution in [1.29, 1.82) is 0 Å². The molecule has 214 valence electrons. The van der Waals surface area contributed by atoms with Crippen LogP contribution in [-0.4, -0.2) is 60.1 Å². The van der Waals surface area contributed by atoms with Crippen LogP contribution < -0.4 is 25.9 Å². The lowest BCUT2D eigenvalue weighted by molar-refractivity contribution is -0.597. The Morgan fingerprint density at radius 2 is 1.71 bits per heavy atom. The minimum atomic E-state index is -4.27. The fourth-order valence-electron chi connectivity index (χ4n) is 4.02. The van der Waals surface area contributed by atoms with Crippen LogP contribution in [0, 0.1) is 14.1 Å². The van der Waals surface area contributed by atoms with Crippen LogP contribution in [0.25, 0.3) is 5.69 Å². The normalized spacial score (nSPS) is 12.4. The van der Waals surface area contributed by atoms with Gasteiger partial charge in [-0.1, -0.05) is 17.7 Å². The van der Waals surface area contributed by atoms with Gasteiger partial charge in [0.25, 0.3) is 5.91 Å². The molecule has 1 aromatic heterocycles. The summed E-state index contributed by atoms with van der Waals surface area (Å²) >= 11 is -0.453. The molecule has 0 atom stereocenters. The van der Waals surface area contributed by atoms with Gasteiger partial charge in [0.1, 0.15) is 22.2 Å². The first-order valence-corrected chi connectivity index (χ1v) is 16.0. The molecule has 2 heterocycles. The van der Waals surface area contributed by atoms with Crippen molar-refractivity contribution in [3.05, 3.63) is 103 Å². The number of ether oxygens (including phenoxy) is 2. The van der Waals surface area contributed by atoms with Crippen molar-refractivity contribution < 1.29 is 53.2 Å². The number of hydrogen-bond acceptors (Lipinski definition) is 8. The molecule has 0 aliphatic carbocycles. The predicted octanol–water partition coefficient (Wildman–Crippen LogP) is 0.671. The molecule has 0 bridgehead atoms. The number of nitrogens with zero attached hydrogens (tertiary/aromatic N) is 3. The molecule has 0 saturated carbocycles. The molecule has 10 nitrogen and oxygen atoms in total. The highest BCUT2D eigenvalue weighted by atomic mass is 127. The average molecular weight is 690 g/mol. The number of halogens is 1. The van der Waals surface area contributed by atoms with Crippen molar-refractivity contribution in [2.75, 3.05) is 20.8 Å². The van der Waals surface area contributed by atoms with Crippen LogP contribution in [0.1, 0.15) is 39.0 Å². The Morgan fingerprint density at radius 1 is 1.05 bits per heavy atom. The van der Waals surface area contributed by atoms with Gasteiger partial charge in [0.15, 0.2) is 12.8 Å². The van der Waals surface area contributed by atoms with Gasteiger partial charge in [-0.15, -0.1) is 0 Å². The van der Waals surface area contributed by atoms with Crippen molar-refractivity contribution in [2.24, 2.45) is 0 Å². The minimum Gasteiger partial charge on any atom is -0.744 e. The lowest BCUT2D eigenvalue weighted by Crippen LogP contribution is -3.61. The van der Waals surface area contributed by atoms with Crippen molar-refractivity contribution in [3.63, 3.8) is 0 Å². The summed E-state index contributed by atoms with van der Waals surface area (Å²) in [6.07, 6.45) is 1.59. The third kappa shape index (κ3) is 7.13. The maximum atomic E-state index is 13.1. The summed E-state index contributed by atoms with van der Waals surface area (Å²) in [6, 6.07) is 19.7. The Morgan fingerprint density at radius 3 is 2.32 bits per heavy atom. The van der Waals surface area contributed by atoms with Gasteiger partial charge in [-0.3, -0.25) is 9.36 Å². The van der Waals surface area contributed by atoms with E-state index in [1.807, 2.05) is 41.8 Å². The van der Waals surface area contributed by atoms with E-state index in [2.05, 4.69) is 17.1 Å². The van der Waals surface area contributed by atoms with E-state index >= 15 is 0 Å². The summed E-state index contributed by atoms with van der Waals surface area (Å²) in [5.74, 6) is 0.271. The third-order valence-electron chi connectivity index (χ3n) is 6.09. The van der Waals surface area contributed by atoms with Crippen LogP contribution in [0.3, 0.4) is 0 Å². The number of carbonyl (C=O) groups excluding carboxylic acids is 2. The van der Waals surface area contributed by atoms with E-state index in [1.165, 1.54) is 15.7 Å². The second-order valence-electron chi connectivity index (χ2n) is 8.97. The van der Waals surface area contributed by atoms with Crippen LogP contribution in [0.5, 0.6) is 5.75 Å². The number of esters is 1. The van der Waals surface area contributed by atoms with Crippen molar-refractivity contribution in [3.8, 4) is 11.4 Å². The van der Waals surface area contributed by atoms with E-state index in [0.29, 0.717) is 11.3 Å². The van der Waals surface area contributed by atoms with E-state index in [4.69, 9.17) is 9.47 Å². The van der Waals surface area contributed by atoms with Gasteiger partial charge in [0, 0.05) is 13.1 Å². The Labute approximate surface area is 248 Å². The number of imidazole rings is 1.